The molecular formula is C14H17BrN4. The summed E-state index contributed by atoms with van der Waals surface area (Å²) >= 11 is 3.56. The number of fused-ring (bicyclic) bond motifs is 1. The lowest BCUT2D eigenvalue weighted by molar-refractivity contribution is 0.558. The molecule has 2 N–H and O–H groups in total. The Morgan fingerprint density at radius 3 is 3.05 bits per heavy atom. The first-order valence-corrected chi connectivity index (χ1v) is 7.30. The smallest absolute Gasteiger partial charge is 0.128 e. The number of imidazole rings is 1. The molecule has 0 spiro atoms. The Morgan fingerprint density at radius 1 is 1.32 bits per heavy atom. The number of aromatic nitrogens is 2. The number of nitrogens with two attached hydrogens (primary N) is 1. The van der Waals surface area contributed by atoms with Crippen molar-refractivity contribution >= 4 is 21.6 Å². The summed E-state index contributed by atoms with van der Waals surface area (Å²) < 4.78 is 3.33. The number of nitrogens with zero attached hydrogens (tertiary/aromatic N) is 3. The molecule has 100 valence electrons. The third-order valence-electron chi connectivity index (χ3n) is 3.55. The van der Waals surface area contributed by atoms with Crippen LogP contribution in [0.5, 0.6) is 0 Å². The van der Waals surface area contributed by atoms with Gasteiger partial charge >= 0.3 is 0 Å². The van der Waals surface area contributed by atoms with Crippen molar-refractivity contribution in [3.8, 4) is 0 Å². The summed E-state index contributed by atoms with van der Waals surface area (Å²) in [5, 5.41) is 0. The summed E-state index contributed by atoms with van der Waals surface area (Å²) in [5.41, 5.74) is 8.29. The van der Waals surface area contributed by atoms with E-state index in [4.69, 9.17) is 5.73 Å². The molecule has 1 aliphatic rings. The van der Waals surface area contributed by atoms with Gasteiger partial charge < -0.3 is 15.2 Å². The third kappa shape index (κ3) is 2.53. The molecule has 1 aliphatic heterocycles. The number of rotatable bonds is 3. The maximum absolute atomic E-state index is 5.71. The minimum Gasteiger partial charge on any atom is -0.362 e. The van der Waals surface area contributed by atoms with Crippen molar-refractivity contribution in [2.45, 2.75) is 19.5 Å². The van der Waals surface area contributed by atoms with Crippen molar-refractivity contribution in [2.24, 2.45) is 5.73 Å². The van der Waals surface area contributed by atoms with E-state index in [1.165, 1.54) is 11.3 Å². The Balaban J connectivity index is 1.92. The van der Waals surface area contributed by atoms with Gasteiger partial charge in [0, 0.05) is 35.6 Å². The summed E-state index contributed by atoms with van der Waals surface area (Å²) in [6.45, 7) is 3.54. The molecule has 4 nitrogen and oxygen atoms in total. The molecular weight excluding hydrogens is 304 g/mol. The van der Waals surface area contributed by atoms with Gasteiger partial charge in [0.05, 0.1) is 6.54 Å². The molecule has 2 heterocycles. The van der Waals surface area contributed by atoms with E-state index < -0.39 is 0 Å². The Kier molecular flexibility index (Phi) is 3.57. The Labute approximate surface area is 121 Å². The highest BCUT2D eigenvalue weighted by atomic mass is 79.9. The molecule has 19 heavy (non-hydrogen) atoms. The summed E-state index contributed by atoms with van der Waals surface area (Å²) in [7, 11) is 0. The number of anilines is 1. The predicted molar refractivity (Wildman–Crippen MR) is 80.2 cm³/mol. The van der Waals surface area contributed by atoms with Crippen molar-refractivity contribution in [3.63, 3.8) is 0 Å². The number of benzene rings is 1. The second-order valence-corrected chi connectivity index (χ2v) is 5.69. The van der Waals surface area contributed by atoms with Crippen LogP contribution in [0.1, 0.15) is 11.4 Å². The molecule has 0 atom stereocenters. The molecule has 0 unspecified atom stereocenters. The molecule has 5 heteroatoms. The molecule has 0 radical (unpaired) electrons. The van der Waals surface area contributed by atoms with E-state index in [9.17, 15) is 0 Å². The van der Waals surface area contributed by atoms with E-state index in [0.29, 0.717) is 6.54 Å². The van der Waals surface area contributed by atoms with Gasteiger partial charge in [-0.15, -0.1) is 0 Å². The van der Waals surface area contributed by atoms with Crippen LogP contribution in [-0.2, 0) is 19.5 Å². The van der Waals surface area contributed by atoms with Crippen LogP contribution < -0.4 is 10.6 Å². The maximum atomic E-state index is 5.71. The van der Waals surface area contributed by atoms with Gasteiger partial charge in [-0.05, 0) is 30.7 Å². The van der Waals surface area contributed by atoms with Crippen molar-refractivity contribution in [1.29, 1.82) is 0 Å². The monoisotopic (exact) mass is 320 g/mol. The van der Waals surface area contributed by atoms with Crippen LogP contribution in [0.4, 0.5) is 5.69 Å². The zero-order valence-electron chi connectivity index (χ0n) is 10.7. The summed E-state index contributed by atoms with van der Waals surface area (Å²) in [4.78, 5) is 6.80. The second kappa shape index (κ2) is 5.35. The normalized spacial score (nSPS) is 14.5. The van der Waals surface area contributed by atoms with Gasteiger partial charge in [-0.25, -0.2) is 4.98 Å². The molecule has 1 aromatic heterocycles. The fourth-order valence-electron chi connectivity index (χ4n) is 2.58. The minimum absolute atomic E-state index is 0.678. The van der Waals surface area contributed by atoms with Crippen molar-refractivity contribution < 1.29 is 0 Å². The summed E-state index contributed by atoms with van der Waals surface area (Å²) in [5.74, 6) is 1.13. The molecule has 3 rings (SSSR count). The largest absolute Gasteiger partial charge is 0.362 e. The standard InChI is InChI=1S/C14H17BrN4/c15-12-2-1-11(3-4-16)13(9-12)19-8-7-18-6-5-17-14(18)10-19/h1-2,5-6,9H,3-4,7-8,10,16H2. The SMILES string of the molecule is NCCc1ccc(Br)cc1N1CCn2ccnc2C1. The van der Waals surface area contributed by atoms with Crippen molar-refractivity contribution in [2.75, 3.05) is 18.0 Å². The summed E-state index contributed by atoms with van der Waals surface area (Å²) in [6, 6.07) is 6.43. The van der Waals surface area contributed by atoms with Crippen LogP contribution in [0.2, 0.25) is 0 Å². The summed E-state index contributed by atoms with van der Waals surface area (Å²) in [6.07, 6.45) is 4.84. The number of hydrogen-bond donors (Lipinski definition) is 1. The van der Waals surface area contributed by atoms with E-state index >= 15 is 0 Å². The van der Waals surface area contributed by atoms with Crippen LogP contribution in [-0.4, -0.2) is 22.6 Å². The first-order valence-electron chi connectivity index (χ1n) is 6.51. The molecule has 0 aliphatic carbocycles. The van der Waals surface area contributed by atoms with E-state index in [0.717, 1.165) is 36.4 Å². The highest BCUT2D eigenvalue weighted by Crippen LogP contribution is 2.28. The lowest BCUT2D eigenvalue weighted by atomic mass is 10.1. The van der Waals surface area contributed by atoms with Crippen molar-refractivity contribution in [3.05, 3.63) is 46.5 Å². The lowest BCUT2D eigenvalue weighted by Crippen LogP contribution is -2.34. The van der Waals surface area contributed by atoms with Gasteiger partial charge in [0.15, 0.2) is 0 Å². The molecule has 0 bridgehead atoms. The van der Waals surface area contributed by atoms with E-state index in [1.54, 1.807) is 0 Å². The molecule has 0 saturated heterocycles. The average Bonchev–Trinajstić information content (AvgIpc) is 2.88. The van der Waals surface area contributed by atoms with Crippen LogP contribution in [0, 0.1) is 0 Å². The van der Waals surface area contributed by atoms with Crippen molar-refractivity contribution in [1.82, 2.24) is 9.55 Å². The van der Waals surface area contributed by atoms with E-state index in [2.05, 4.69) is 48.6 Å². The molecule has 0 fully saturated rings. The molecule has 0 amide bonds. The second-order valence-electron chi connectivity index (χ2n) is 4.77. The molecule has 1 aromatic carbocycles. The zero-order valence-corrected chi connectivity index (χ0v) is 12.3. The van der Waals surface area contributed by atoms with Gasteiger partial charge in [-0.1, -0.05) is 22.0 Å². The Hall–Kier alpha value is -1.33. The van der Waals surface area contributed by atoms with Crippen LogP contribution in [0.3, 0.4) is 0 Å². The quantitative estimate of drug-likeness (QED) is 0.942. The third-order valence-corrected chi connectivity index (χ3v) is 4.04. The van der Waals surface area contributed by atoms with Crippen LogP contribution in [0.25, 0.3) is 0 Å². The lowest BCUT2D eigenvalue weighted by Gasteiger charge is -2.31. The number of halogens is 1. The first-order chi connectivity index (χ1) is 9.28. The Bertz CT molecular complexity index is 579. The van der Waals surface area contributed by atoms with E-state index in [1.807, 2.05) is 12.4 Å². The molecule has 0 saturated carbocycles. The number of hydrogen-bond acceptors (Lipinski definition) is 3. The Morgan fingerprint density at radius 2 is 2.21 bits per heavy atom. The van der Waals surface area contributed by atoms with Gasteiger partial charge in [0.2, 0.25) is 0 Å². The van der Waals surface area contributed by atoms with Gasteiger partial charge in [-0.3, -0.25) is 0 Å². The van der Waals surface area contributed by atoms with Crippen LogP contribution >= 0.6 is 15.9 Å². The fraction of sp³-hybridized carbons (Fsp3) is 0.357. The van der Waals surface area contributed by atoms with Gasteiger partial charge in [0.25, 0.3) is 0 Å². The van der Waals surface area contributed by atoms with E-state index in [-0.39, 0.29) is 0 Å². The van der Waals surface area contributed by atoms with Gasteiger partial charge in [0.1, 0.15) is 5.82 Å². The maximum Gasteiger partial charge on any atom is 0.128 e. The predicted octanol–water partition coefficient (Wildman–Crippen LogP) is 2.17. The van der Waals surface area contributed by atoms with Gasteiger partial charge in [-0.2, -0.15) is 0 Å². The average molecular weight is 321 g/mol. The fourth-order valence-corrected chi connectivity index (χ4v) is 2.93. The topological polar surface area (TPSA) is 47.1 Å². The highest BCUT2D eigenvalue weighted by molar-refractivity contribution is 9.10. The van der Waals surface area contributed by atoms with Crippen LogP contribution in [0.15, 0.2) is 35.1 Å². The molecule has 2 aromatic rings. The first kappa shape index (κ1) is 12.7. The minimum atomic E-state index is 0.678. The zero-order chi connectivity index (χ0) is 13.2. The highest BCUT2D eigenvalue weighted by Gasteiger charge is 2.19.